The molecule has 0 aromatic rings. The van der Waals surface area contributed by atoms with Crippen LogP contribution in [0, 0.1) is 0 Å². The van der Waals surface area contributed by atoms with Crippen molar-refractivity contribution in [3.63, 3.8) is 0 Å². The highest BCUT2D eigenvalue weighted by molar-refractivity contribution is 5.71. The third-order valence-corrected chi connectivity index (χ3v) is 15.6. The average Bonchev–Trinajstić information content (AvgIpc) is 3.43. The van der Waals surface area contributed by atoms with E-state index in [2.05, 4.69) is 57.2 Å². The number of hydrogen-bond donors (Lipinski definition) is 0. The lowest BCUT2D eigenvalue weighted by molar-refractivity contribution is -0.167. The molecule has 0 fully saturated rings. The van der Waals surface area contributed by atoms with E-state index in [1.807, 2.05) is 0 Å². The van der Waals surface area contributed by atoms with Crippen molar-refractivity contribution in [1.29, 1.82) is 0 Å². The largest absolute Gasteiger partial charge is 0.462 e. The fourth-order valence-electron chi connectivity index (χ4n) is 10.4. The number of ether oxygens (including phenoxy) is 3. The minimum atomic E-state index is -0.772. The van der Waals surface area contributed by atoms with Crippen LogP contribution in [0.25, 0.3) is 0 Å². The Morgan fingerprint density at radius 1 is 0.260 bits per heavy atom. The molecule has 0 spiro atoms. The molecule has 0 aliphatic heterocycles. The van der Waals surface area contributed by atoms with E-state index >= 15 is 0 Å². The smallest absolute Gasteiger partial charge is 0.306 e. The van der Waals surface area contributed by atoms with E-state index in [1.54, 1.807) is 0 Å². The first-order valence-corrected chi connectivity index (χ1v) is 34.5. The second-order valence-corrected chi connectivity index (χ2v) is 23.4. The van der Waals surface area contributed by atoms with Gasteiger partial charge in [-0.2, -0.15) is 0 Å². The standard InChI is InChI=1S/C71H132O6/c1-4-7-10-13-16-19-22-25-26-27-28-29-30-31-32-33-34-35-36-37-38-39-40-41-42-43-44-47-49-52-55-58-61-64-70(73)76-67-68(77-71(74)65-62-59-56-53-50-46-24-21-18-15-12-9-6-3)66-75-69(72)63-60-57-54-51-48-45-23-20-17-14-11-8-5-2/h21-22,24-25,27-28,68H,4-20,23,26,29-67H2,1-3H3/b24-21-,25-22-,28-27-. The normalized spacial score (nSPS) is 12.2. The first-order chi connectivity index (χ1) is 38.0. The summed E-state index contributed by atoms with van der Waals surface area (Å²) < 4.78 is 16.9. The highest BCUT2D eigenvalue weighted by Crippen LogP contribution is 2.18. The first kappa shape index (κ1) is 74.6. The predicted octanol–water partition coefficient (Wildman–Crippen LogP) is 23.6. The molecule has 6 heteroatoms. The Morgan fingerprint density at radius 3 is 0.740 bits per heavy atom. The molecule has 1 atom stereocenters. The van der Waals surface area contributed by atoms with Gasteiger partial charge in [-0.15, -0.1) is 0 Å². The van der Waals surface area contributed by atoms with Crippen molar-refractivity contribution in [2.24, 2.45) is 0 Å². The van der Waals surface area contributed by atoms with Crippen LogP contribution in [0.15, 0.2) is 36.5 Å². The molecular formula is C71H132O6. The number of carbonyl (C=O) groups is 3. The molecule has 0 saturated carbocycles. The molecule has 0 aliphatic carbocycles. The quantitative estimate of drug-likeness (QED) is 0.0261. The summed E-state index contributed by atoms with van der Waals surface area (Å²) in [7, 11) is 0. The van der Waals surface area contributed by atoms with Crippen molar-refractivity contribution in [3.05, 3.63) is 36.5 Å². The summed E-state index contributed by atoms with van der Waals surface area (Å²) in [6.07, 6.45) is 81.9. The molecule has 0 saturated heterocycles. The fraction of sp³-hybridized carbons (Fsp3) is 0.873. The molecule has 6 nitrogen and oxygen atoms in total. The molecular weight excluding hydrogens is 949 g/mol. The van der Waals surface area contributed by atoms with Gasteiger partial charge in [-0.3, -0.25) is 14.4 Å². The van der Waals surface area contributed by atoms with Gasteiger partial charge in [0.05, 0.1) is 0 Å². The van der Waals surface area contributed by atoms with Crippen LogP contribution in [0.3, 0.4) is 0 Å². The maximum Gasteiger partial charge on any atom is 0.306 e. The van der Waals surface area contributed by atoms with Gasteiger partial charge in [0.1, 0.15) is 13.2 Å². The summed E-state index contributed by atoms with van der Waals surface area (Å²) in [5.74, 6) is -0.853. The number of unbranched alkanes of at least 4 members (excludes halogenated alkanes) is 47. The van der Waals surface area contributed by atoms with Gasteiger partial charge in [0.2, 0.25) is 0 Å². The Balaban J connectivity index is 4.05. The first-order valence-electron chi connectivity index (χ1n) is 34.5. The van der Waals surface area contributed by atoms with E-state index in [1.165, 1.54) is 270 Å². The van der Waals surface area contributed by atoms with Gasteiger partial charge in [0, 0.05) is 19.3 Å². The molecule has 0 heterocycles. The van der Waals surface area contributed by atoms with Crippen molar-refractivity contribution < 1.29 is 28.6 Å². The lowest BCUT2D eigenvalue weighted by atomic mass is 10.0. The Labute approximate surface area is 480 Å². The van der Waals surface area contributed by atoms with Crippen molar-refractivity contribution in [2.75, 3.05) is 13.2 Å². The molecule has 0 amide bonds. The fourth-order valence-corrected chi connectivity index (χ4v) is 10.4. The molecule has 0 aliphatic rings. The molecule has 0 radical (unpaired) electrons. The number of carbonyl (C=O) groups excluding carboxylic acids is 3. The van der Waals surface area contributed by atoms with E-state index in [-0.39, 0.29) is 31.1 Å². The maximum atomic E-state index is 12.9. The van der Waals surface area contributed by atoms with Gasteiger partial charge in [-0.1, -0.05) is 320 Å². The number of esters is 3. The molecule has 1 unspecified atom stereocenters. The zero-order chi connectivity index (χ0) is 55.7. The number of allylic oxidation sites excluding steroid dienone is 6. The molecule has 0 N–H and O–H groups in total. The van der Waals surface area contributed by atoms with E-state index in [9.17, 15) is 14.4 Å². The van der Waals surface area contributed by atoms with Crippen LogP contribution in [0.1, 0.15) is 380 Å². The van der Waals surface area contributed by atoms with Gasteiger partial charge < -0.3 is 14.2 Å². The topological polar surface area (TPSA) is 78.9 Å². The Hall–Kier alpha value is -2.37. The predicted molar refractivity (Wildman–Crippen MR) is 335 cm³/mol. The van der Waals surface area contributed by atoms with Crippen LogP contribution in [0.4, 0.5) is 0 Å². The van der Waals surface area contributed by atoms with E-state index in [0.29, 0.717) is 19.3 Å². The van der Waals surface area contributed by atoms with E-state index in [0.717, 1.165) is 70.6 Å². The molecule has 0 rings (SSSR count). The van der Waals surface area contributed by atoms with Gasteiger partial charge in [0.15, 0.2) is 6.10 Å². The minimum absolute atomic E-state index is 0.0695. The molecule has 0 bridgehead atoms. The van der Waals surface area contributed by atoms with Crippen molar-refractivity contribution >= 4 is 17.9 Å². The lowest BCUT2D eigenvalue weighted by Gasteiger charge is -2.18. The summed E-state index contributed by atoms with van der Waals surface area (Å²) in [6.45, 7) is 6.66. The summed E-state index contributed by atoms with van der Waals surface area (Å²) in [4.78, 5) is 38.2. The van der Waals surface area contributed by atoms with Crippen LogP contribution < -0.4 is 0 Å². The molecule has 452 valence electrons. The maximum absolute atomic E-state index is 12.9. The van der Waals surface area contributed by atoms with Crippen LogP contribution in [0.2, 0.25) is 0 Å². The van der Waals surface area contributed by atoms with E-state index in [4.69, 9.17) is 14.2 Å². The Kier molecular flexibility index (Phi) is 64.1. The summed E-state index contributed by atoms with van der Waals surface area (Å²) in [6, 6.07) is 0. The van der Waals surface area contributed by atoms with Crippen molar-refractivity contribution in [1.82, 2.24) is 0 Å². The molecule has 0 aromatic heterocycles. The van der Waals surface area contributed by atoms with Crippen LogP contribution >= 0.6 is 0 Å². The second kappa shape index (κ2) is 66.1. The number of hydrogen-bond acceptors (Lipinski definition) is 6. The summed E-state index contributed by atoms with van der Waals surface area (Å²) in [5.41, 5.74) is 0. The monoisotopic (exact) mass is 1080 g/mol. The highest BCUT2D eigenvalue weighted by atomic mass is 16.6. The molecule has 0 aromatic carbocycles. The van der Waals surface area contributed by atoms with Gasteiger partial charge in [0.25, 0.3) is 0 Å². The highest BCUT2D eigenvalue weighted by Gasteiger charge is 2.19. The Morgan fingerprint density at radius 2 is 0.468 bits per heavy atom. The zero-order valence-corrected chi connectivity index (χ0v) is 52.0. The van der Waals surface area contributed by atoms with Gasteiger partial charge in [-0.05, 0) is 77.0 Å². The summed E-state index contributed by atoms with van der Waals surface area (Å²) in [5, 5.41) is 0. The third-order valence-electron chi connectivity index (χ3n) is 15.6. The average molecular weight is 1080 g/mol. The Bertz CT molecular complexity index is 1290. The third kappa shape index (κ3) is 64.3. The van der Waals surface area contributed by atoms with E-state index < -0.39 is 6.10 Å². The van der Waals surface area contributed by atoms with Gasteiger partial charge in [-0.25, -0.2) is 0 Å². The van der Waals surface area contributed by atoms with Crippen LogP contribution in [0.5, 0.6) is 0 Å². The van der Waals surface area contributed by atoms with Crippen LogP contribution in [-0.2, 0) is 28.6 Å². The number of rotatable bonds is 64. The minimum Gasteiger partial charge on any atom is -0.462 e. The lowest BCUT2D eigenvalue weighted by Crippen LogP contribution is -2.30. The van der Waals surface area contributed by atoms with Crippen LogP contribution in [-0.4, -0.2) is 37.2 Å². The van der Waals surface area contributed by atoms with Crippen molar-refractivity contribution in [2.45, 2.75) is 386 Å². The van der Waals surface area contributed by atoms with Gasteiger partial charge >= 0.3 is 17.9 Å². The van der Waals surface area contributed by atoms with Crippen molar-refractivity contribution in [3.8, 4) is 0 Å². The SMILES string of the molecule is CCCCCC/C=C\CCCCCCCC(=O)OC(COC(=O)CCCCCCCCCCCCCCC)COC(=O)CCCCCCCCCCCCCCCCCCCCCCC/C=C\C/C=C\CCCCCCC. The second-order valence-electron chi connectivity index (χ2n) is 23.4. The molecule has 77 heavy (non-hydrogen) atoms. The zero-order valence-electron chi connectivity index (χ0n) is 52.0. The summed E-state index contributed by atoms with van der Waals surface area (Å²) >= 11 is 0.